The number of nitrogens with zero attached hydrogens (tertiary/aromatic N) is 1. The van der Waals surface area contributed by atoms with Gasteiger partial charge in [0, 0.05) is 24.7 Å². The van der Waals surface area contributed by atoms with E-state index >= 15 is 0 Å². The van der Waals surface area contributed by atoms with Crippen LogP contribution in [0.4, 0.5) is 4.39 Å². The molecule has 0 radical (unpaired) electrons. The molecule has 1 heterocycles. The van der Waals surface area contributed by atoms with E-state index in [1.165, 1.54) is 12.1 Å². The van der Waals surface area contributed by atoms with Crippen LogP contribution in [-0.2, 0) is 0 Å². The topological polar surface area (TPSA) is 32.3 Å². The Hall–Kier alpha value is -1.42. The van der Waals surface area contributed by atoms with Crippen molar-refractivity contribution >= 4 is 5.91 Å². The Labute approximate surface area is 126 Å². The molecule has 0 aliphatic carbocycles. The Bertz CT molecular complexity index is 504. The molecule has 1 aliphatic rings. The quantitative estimate of drug-likeness (QED) is 0.925. The van der Waals surface area contributed by atoms with E-state index in [1.807, 2.05) is 4.90 Å². The van der Waals surface area contributed by atoms with Crippen molar-refractivity contribution in [3.63, 3.8) is 0 Å². The van der Waals surface area contributed by atoms with Crippen LogP contribution in [0.15, 0.2) is 18.2 Å². The maximum absolute atomic E-state index is 13.2. The van der Waals surface area contributed by atoms with Crippen molar-refractivity contribution in [2.24, 2.45) is 5.92 Å². The van der Waals surface area contributed by atoms with Gasteiger partial charge in [-0.15, -0.1) is 0 Å². The van der Waals surface area contributed by atoms with Crippen molar-refractivity contribution in [3.05, 3.63) is 35.1 Å². The molecular weight excluding hydrogens is 267 g/mol. The minimum absolute atomic E-state index is 0.0216. The lowest BCUT2D eigenvalue weighted by Gasteiger charge is -2.37. The lowest BCUT2D eigenvalue weighted by molar-refractivity contribution is 0.0644. The van der Waals surface area contributed by atoms with Crippen LogP contribution in [0.2, 0.25) is 0 Å². The van der Waals surface area contributed by atoms with Gasteiger partial charge in [-0.3, -0.25) is 4.79 Å². The molecule has 2 rings (SSSR count). The van der Waals surface area contributed by atoms with E-state index in [1.54, 1.807) is 13.0 Å². The molecule has 1 saturated heterocycles. The van der Waals surface area contributed by atoms with Crippen molar-refractivity contribution < 1.29 is 9.18 Å². The Morgan fingerprint density at radius 2 is 2.24 bits per heavy atom. The highest BCUT2D eigenvalue weighted by atomic mass is 19.1. The second-order valence-electron chi connectivity index (χ2n) is 6.04. The molecule has 3 nitrogen and oxygen atoms in total. The number of carbonyl (C=O) groups excluding carboxylic acids is 1. The Morgan fingerprint density at radius 1 is 1.48 bits per heavy atom. The maximum Gasteiger partial charge on any atom is 0.254 e. The number of aryl methyl sites for hydroxylation is 1. The van der Waals surface area contributed by atoms with Gasteiger partial charge in [-0.1, -0.05) is 13.8 Å². The molecule has 1 aromatic carbocycles. The predicted molar refractivity (Wildman–Crippen MR) is 82.9 cm³/mol. The van der Waals surface area contributed by atoms with Gasteiger partial charge in [0.2, 0.25) is 0 Å². The number of amides is 1. The lowest BCUT2D eigenvalue weighted by Crippen LogP contribution is -2.50. The summed E-state index contributed by atoms with van der Waals surface area (Å²) in [5.74, 6) is 0.170. The largest absolute Gasteiger partial charge is 0.338 e. The van der Waals surface area contributed by atoms with Crippen LogP contribution in [-0.4, -0.2) is 36.5 Å². The van der Waals surface area contributed by atoms with Crippen LogP contribution in [0, 0.1) is 18.7 Å². The van der Waals surface area contributed by atoms with E-state index in [4.69, 9.17) is 0 Å². The highest BCUT2D eigenvalue weighted by Gasteiger charge is 2.29. The number of rotatable bonds is 4. The summed E-state index contributed by atoms with van der Waals surface area (Å²) in [6, 6.07) is 4.87. The lowest BCUT2D eigenvalue weighted by atomic mass is 9.93. The number of halogens is 1. The predicted octanol–water partition coefficient (Wildman–Crippen LogP) is 2.98. The summed E-state index contributed by atoms with van der Waals surface area (Å²) in [5.41, 5.74) is 1.32. The summed E-state index contributed by atoms with van der Waals surface area (Å²) in [5, 5.41) is 3.55. The van der Waals surface area contributed by atoms with Crippen molar-refractivity contribution in [3.8, 4) is 0 Å². The van der Waals surface area contributed by atoms with Crippen LogP contribution in [0.1, 0.15) is 42.6 Å². The first-order chi connectivity index (χ1) is 10.0. The van der Waals surface area contributed by atoms with Crippen LogP contribution >= 0.6 is 0 Å². The molecule has 116 valence electrons. The van der Waals surface area contributed by atoms with Crippen molar-refractivity contribution in [2.75, 3.05) is 19.6 Å². The van der Waals surface area contributed by atoms with E-state index in [-0.39, 0.29) is 11.7 Å². The Kier molecular flexibility index (Phi) is 5.34. The SMILES string of the molecule is CCCNC1CCN(C(=O)c2ccc(F)cc2C)CC1C. The molecule has 1 fully saturated rings. The standard InChI is InChI=1S/C17H25FN2O/c1-4-8-19-16-7-9-20(11-13(16)3)17(21)15-6-5-14(18)10-12(15)2/h5-6,10,13,16,19H,4,7-9,11H2,1-3H3. The minimum atomic E-state index is -0.292. The fourth-order valence-corrected chi connectivity index (χ4v) is 3.00. The molecule has 0 aromatic heterocycles. The zero-order valence-electron chi connectivity index (χ0n) is 13.2. The van der Waals surface area contributed by atoms with Gasteiger partial charge in [0.25, 0.3) is 5.91 Å². The van der Waals surface area contributed by atoms with E-state index in [0.717, 1.165) is 32.5 Å². The molecule has 0 spiro atoms. The van der Waals surface area contributed by atoms with Crippen molar-refractivity contribution in [1.29, 1.82) is 0 Å². The number of piperidine rings is 1. The molecule has 2 unspecified atom stereocenters. The second-order valence-corrected chi connectivity index (χ2v) is 6.04. The fourth-order valence-electron chi connectivity index (χ4n) is 3.00. The number of carbonyl (C=O) groups is 1. The smallest absolute Gasteiger partial charge is 0.254 e. The highest BCUT2D eigenvalue weighted by Crippen LogP contribution is 2.20. The monoisotopic (exact) mass is 292 g/mol. The minimum Gasteiger partial charge on any atom is -0.338 e. The molecule has 2 atom stereocenters. The summed E-state index contributed by atoms with van der Waals surface area (Å²) < 4.78 is 13.2. The third kappa shape index (κ3) is 3.82. The van der Waals surface area contributed by atoms with Crippen LogP contribution < -0.4 is 5.32 Å². The molecule has 21 heavy (non-hydrogen) atoms. The summed E-state index contributed by atoms with van der Waals surface area (Å²) in [7, 11) is 0. The summed E-state index contributed by atoms with van der Waals surface area (Å²) in [6.45, 7) is 8.69. The normalized spacial score (nSPS) is 22.4. The molecule has 4 heteroatoms. The van der Waals surface area contributed by atoms with Gasteiger partial charge in [-0.2, -0.15) is 0 Å². The molecule has 1 N–H and O–H groups in total. The first-order valence-electron chi connectivity index (χ1n) is 7.81. The highest BCUT2D eigenvalue weighted by molar-refractivity contribution is 5.95. The molecular formula is C17H25FN2O. The van der Waals surface area contributed by atoms with Crippen molar-refractivity contribution in [2.45, 2.75) is 39.7 Å². The van der Waals surface area contributed by atoms with Gasteiger partial charge in [-0.25, -0.2) is 4.39 Å². The summed E-state index contributed by atoms with van der Waals surface area (Å²) in [6.07, 6.45) is 2.10. The van der Waals surface area contributed by atoms with E-state index in [2.05, 4.69) is 19.2 Å². The average molecular weight is 292 g/mol. The molecule has 1 amide bonds. The van der Waals surface area contributed by atoms with E-state index in [9.17, 15) is 9.18 Å². The molecule has 1 aromatic rings. The first-order valence-corrected chi connectivity index (χ1v) is 7.81. The van der Waals surface area contributed by atoms with Gasteiger partial charge in [0.05, 0.1) is 0 Å². The van der Waals surface area contributed by atoms with Gasteiger partial charge in [-0.05, 0) is 56.0 Å². The fraction of sp³-hybridized carbons (Fsp3) is 0.588. The average Bonchev–Trinajstić information content (AvgIpc) is 2.45. The molecule has 0 bridgehead atoms. The van der Waals surface area contributed by atoms with Crippen LogP contribution in [0.3, 0.4) is 0 Å². The van der Waals surface area contributed by atoms with Crippen molar-refractivity contribution in [1.82, 2.24) is 10.2 Å². The first kappa shape index (κ1) is 16.0. The van der Waals surface area contributed by atoms with Gasteiger partial charge >= 0.3 is 0 Å². The number of nitrogens with one attached hydrogen (secondary N) is 1. The molecule has 0 saturated carbocycles. The second kappa shape index (κ2) is 7.03. The third-order valence-electron chi connectivity index (χ3n) is 4.27. The van der Waals surface area contributed by atoms with Gasteiger partial charge < -0.3 is 10.2 Å². The molecule has 1 aliphatic heterocycles. The number of likely N-dealkylation sites (tertiary alicyclic amines) is 1. The Balaban J connectivity index is 2.02. The zero-order chi connectivity index (χ0) is 15.4. The van der Waals surface area contributed by atoms with Gasteiger partial charge in [0.1, 0.15) is 5.82 Å². The third-order valence-corrected chi connectivity index (χ3v) is 4.27. The maximum atomic E-state index is 13.2. The number of hydrogen-bond acceptors (Lipinski definition) is 2. The zero-order valence-corrected chi connectivity index (χ0v) is 13.2. The van der Waals surface area contributed by atoms with Crippen LogP contribution in [0.25, 0.3) is 0 Å². The van der Waals surface area contributed by atoms with E-state index in [0.29, 0.717) is 23.1 Å². The Morgan fingerprint density at radius 3 is 2.86 bits per heavy atom. The summed E-state index contributed by atoms with van der Waals surface area (Å²) >= 11 is 0. The van der Waals surface area contributed by atoms with Crippen LogP contribution in [0.5, 0.6) is 0 Å². The van der Waals surface area contributed by atoms with E-state index < -0.39 is 0 Å². The summed E-state index contributed by atoms with van der Waals surface area (Å²) in [4.78, 5) is 14.5. The van der Waals surface area contributed by atoms with Gasteiger partial charge in [0.15, 0.2) is 0 Å². The number of benzene rings is 1. The number of hydrogen-bond donors (Lipinski definition) is 1.